The highest BCUT2D eigenvalue weighted by Gasteiger charge is 2.04. The molecule has 0 aromatic heterocycles. The van der Waals surface area contributed by atoms with Crippen LogP contribution in [0.5, 0.6) is 0 Å². The lowest BCUT2D eigenvalue weighted by Crippen LogP contribution is -2.10. The maximum atomic E-state index is 11.3. The third-order valence-electron chi connectivity index (χ3n) is 4.15. The number of Topliss-reactive ketones (excluding diaryl/α,β-unsaturated/α-hetero) is 1. The molecule has 1 atom stereocenters. The van der Waals surface area contributed by atoms with Crippen molar-refractivity contribution in [2.24, 2.45) is 0 Å². The van der Waals surface area contributed by atoms with E-state index in [1.54, 1.807) is 0 Å². The summed E-state index contributed by atoms with van der Waals surface area (Å²) in [5.41, 5.74) is 0. The fourth-order valence-electron chi connectivity index (χ4n) is 2.61. The highest BCUT2D eigenvalue weighted by Crippen LogP contribution is 2.10. The maximum Gasteiger partial charge on any atom is 0.306 e. The average molecular weight is 355 g/mol. The molecule has 4 nitrogen and oxygen atoms in total. The van der Waals surface area contributed by atoms with E-state index >= 15 is 0 Å². The van der Waals surface area contributed by atoms with Gasteiger partial charge in [0.05, 0.1) is 6.10 Å². The lowest BCUT2D eigenvalue weighted by molar-refractivity contribution is -0.147. The smallest absolute Gasteiger partial charge is 0.306 e. The Balaban J connectivity index is 3.34. The fraction of sp³-hybridized carbons (Fsp3) is 0.810. The van der Waals surface area contributed by atoms with E-state index in [1.807, 2.05) is 0 Å². The zero-order valence-electron chi connectivity index (χ0n) is 16.3. The SMILES string of the molecule is CCCCCCC(O)C/C=C\CCCCCCCC(=O)OCC(C)=O. The molecule has 0 aliphatic rings. The fourth-order valence-corrected chi connectivity index (χ4v) is 2.61. The minimum absolute atomic E-state index is 0.0986. The number of aliphatic hydroxyl groups is 1. The molecule has 0 rings (SSSR count). The minimum atomic E-state index is -0.272. The standard InChI is InChI=1S/C21H38O4/c1-3-4-5-12-15-20(23)16-13-10-8-6-7-9-11-14-17-21(24)25-18-19(2)22/h10,13,20,23H,3-9,11-12,14-18H2,1-2H3/b13-10-. The van der Waals surface area contributed by atoms with Crippen LogP contribution in [0.15, 0.2) is 12.2 Å². The number of ketones is 1. The molecule has 0 spiro atoms. The van der Waals surface area contributed by atoms with Crippen LogP contribution in [0.25, 0.3) is 0 Å². The summed E-state index contributed by atoms with van der Waals surface area (Å²) in [7, 11) is 0. The van der Waals surface area contributed by atoms with Crippen molar-refractivity contribution in [2.75, 3.05) is 6.61 Å². The van der Waals surface area contributed by atoms with Gasteiger partial charge in [-0.1, -0.05) is 64.0 Å². The third kappa shape index (κ3) is 19.0. The highest BCUT2D eigenvalue weighted by molar-refractivity contribution is 5.80. The third-order valence-corrected chi connectivity index (χ3v) is 4.15. The number of allylic oxidation sites excluding steroid dienone is 1. The summed E-state index contributed by atoms with van der Waals surface area (Å²) in [6.45, 7) is 3.51. The molecule has 0 aromatic carbocycles. The Morgan fingerprint density at radius 2 is 1.64 bits per heavy atom. The number of aliphatic hydroxyl groups excluding tert-OH is 1. The van der Waals surface area contributed by atoms with Crippen molar-refractivity contribution < 1.29 is 19.4 Å². The Labute approximate surface area is 154 Å². The van der Waals surface area contributed by atoms with Crippen LogP contribution in [0.4, 0.5) is 0 Å². The summed E-state index contributed by atoms with van der Waals surface area (Å²) >= 11 is 0. The summed E-state index contributed by atoms with van der Waals surface area (Å²) in [6, 6.07) is 0. The average Bonchev–Trinajstić information content (AvgIpc) is 2.58. The Morgan fingerprint density at radius 3 is 2.36 bits per heavy atom. The van der Waals surface area contributed by atoms with Gasteiger partial charge in [-0.2, -0.15) is 0 Å². The van der Waals surface area contributed by atoms with Gasteiger partial charge < -0.3 is 9.84 Å². The van der Waals surface area contributed by atoms with Gasteiger partial charge in [0.15, 0.2) is 5.78 Å². The number of carbonyl (C=O) groups is 2. The van der Waals surface area contributed by atoms with Crippen molar-refractivity contribution in [1.29, 1.82) is 0 Å². The molecular weight excluding hydrogens is 316 g/mol. The van der Waals surface area contributed by atoms with Crippen LogP contribution in [-0.2, 0) is 14.3 Å². The molecule has 0 amide bonds. The first-order chi connectivity index (χ1) is 12.1. The van der Waals surface area contributed by atoms with Crippen molar-refractivity contribution >= 4 is 11.8 Å². The lowest BCUT2D eigenvalue weighted by Gasteiger charge is -2.07. The summed E-state index contributed by atoms with van der Waals surface area (Å²) in [4.78, 5) is 22.0. The van der Waals surface area contributed by atoms with Crippen molar-refractivity contribution in [2.45, 2.75) is 103 Å². The number of carbonyl (C=O) groups excluding carboxylic acids is 2. The van der Waals surface area contributed by atoms with Crippen LogP contribution < -0.4 is 0 Å². The van der Waals surface area contributed by atoms with Crippen LogP contribution in [-0.4, -0.2) is 29.6 Å². The summed E-state index contributed by atoms with van der Waals surface area (Å²) in [5.74, 6) is -0.392. The van der Waals surface area contributed by atoms with Crippen LogP contribution in [0.3, 0.4) is 0 Å². The molecule has 25 heavy (non-hydrogen) atoms. The molecule has 146 valence electrons. The molecule has 0 saturated carbocycles. The largest absolute Gasteiger partial charge is 0.458 e. The van der Waals surface area contributed by atoms with E-state index in [-0.39, 0.29) is 24.5 Å². The number of ether oxygens (including phenoxy) is 1. The van der Waals surface area contributed by atoms with E-state index in [0.29, 0.717) is 6.42 Å². The molecule has 0 aliphatic carbocycles. The lowest BCUT2D eigenvalue weighted by atomic mass is 10.1. The van der Waals surface area contributed by atoms with Crippen LogP contribution in [0, 0.1) is 0 Å². The van der Waals surface area contributed by atoms with Crippen LogP contribution in [0.1, 0.15) is 97.3 Å². The van der Waals surface area contributed by atoms with Crippen LogP contribution in [0.2, 0.25) is 0 Å². The number of unbranched alkanes of at least 4 members (excludes halogenated alkanes) is 8. The summed E-state index contributed by atoms with van der Waals surface area (Å²) in [5, 5.41) is 9.85. The molecule has 1 unspecified atom stereocenters. The predicted molar refractivity (Wildman–Crippen MR) is 102 cm³/mol. The first-order valence-corrected chi connectivity index (χ1v) is 10.0. The molecule has 0 heterocycles. The van der Waals surface area contributed by atoms with Gasteiger partial charge in [-0.3, -0.25) is 9.59 Å². The van der Waals surface area contributed by atoms with Gasteiger partial charge in [-0.05, 0) is 39.0 Å². The van der Waals surface area contributed by atoms with E-state index in [1.165, 1.54) is 26.2 Å². The first-order valence-electron chi connectivity index (χ1n) is 10.0. The topological polar surface area (TPSA) is 63.6 Å². The second-order valence-corrected chi connectivity index (χ2v) is 6.88. The Morgan fingerprint density at radius 1 is 0.960 bits per heavy atom. The minimum Gasteiger partial charge on any atom is -0.458 e. The molecule has 0 saturated heterocycles. The van der Waals surface area contributed by atoms with E-state index in [9.17, 15) is 14.7 Å². The van der Waals surface area contributed by atoms with Gasteiger partial charge in [-0.25, -0.2) is 0 Å². The molecule has 0 bridgehead atoms. The van der Waals surface area contributed by atoms with Crippen LogP contribution >= 0.6 is 0 Å². The molecule has 0 aromatic rings. The van der Waals surface area contributed by atoms with E-state index in [4.69, 9.17) is 4.74 Å². The van der Waals surface area contributed by atoms with Gasteiger partial charge >= 0.3 is 5.97 Å². The summed E-state index contributed by atoms with van der Waals surface area (Å²) < 4.78 is 4.81. The van der Waals surface area contributed by atoms with Gasteiger partial charge in [-0.15, -0.1) is 0 Å². The van der Waals surface area contributed by atoms with Crippen molar-refractivity contribution in [3.05, 3.63) is 12.2 Å². The zero-order chi connectivity index (χ0) is 18.8. The quantitative estimate of drug-likeness (QED) is 0.223. The Kier molecular flexibility index (Phi) is 16.8. The molecule has 0 fully saturated rings. The van der Waals surface area contributed by atoms with E-state index in [0.717, 1.165) is 57.8 Å². The number of rotatable bonds is 17. The van der Waals surface area contributed by atoms with E-state index < -0.39 is 0 Å². The maximum absolute atomic E-state index is 11.3. The van der Waals surface area contributed by atoms with Gasteiger partial charge in [0.1, 0.15) is 6.61 Å². The second-order valence-electron chi connectivity index (χ2n) is 6.88. The Hall–Kier alpha value is -1.16. The zero-order valence-corrected chi connectivity index (χ0v) is 16.3. The number of hydrogen-bond donors (Lipinski definition) is 1. The molecule has 4 heteroatoms. The molecular formula is C21H38O4. The van der Waals surface area contributed by atoms with Crippen molar-refractivity contribution in [1.82, 2.24) is 0 Å². The number of hydrogen-bond acceptors (Lipinski definition) is 4. The molecule has 0 radical (unpaired) electrons. The van der Waals surface area contributed by atoms with Crippen molar-refractivity contribution in [3.63, 3.8) is 0 Å². The molecule has 1 N–H and O–H groups in total. The Bertz CT molecular complexity index is 363. The summed E-state index contributed by atoms with van der Waals surface area (Å²) in [6.07, 6.45) is 17.4. The monoisotopic (exact) mass is 354 g/mol. The normalized spacial score (nSPS) is 12.4. The van der Waals surface area contributed by atoms with Crippen molar-refractivity contribution in [3.8, 4) is 0 Å². The highest BCUT2D eigenvalue weighted by atomic mass is 16.5. The predicted octanol–water partition coefficient (Wildman–Crippen LogP) is 5.13. The van der Waals surface area contributed by atoms with E-state index in [2.05, 4.69) is 19.1 Å². The van der Waals surface area contributed by atoms with Gasteiger partial charge in [0.2, 0.25) is 0 Å². The van der Waals surface area contributed by atoms with Gasteiger partial charge in [0.25, 0.3) is 0 Å². The first kappa shape index (κ1) is 23.8. The number of esters is 1. The second kappa shape index (κ2) is 17.7. The molecule has 0 aliphatic heterocycles. The van der Waals surface area contributed by atoms with Gasteiger partial charge in [0, 0.05) is 6.42 Å².